The van der Waals surface area contributed by atoms with Crippen LogP contribution in [0, 0.1) is 0 Å². The Morgan fingerprint density at radius 2 is 1.75 bits per heavy atom. The Hall–Kier alpha value is -1.46. The molecule has 0 aliphatic carbocycles. The summed E-state index contributed by atoms with van der Waals surface area (Å²) in [5.74, 6) is -0.0667. The molecule has 1 aromatic rings. The van der Waals surface area contributed by atoms with Gasteiger partial charge in [0.1, 0.15) is 0 Å². The topological polar surface area (TPSA) is 38.1 Å². The van der Waals surface area contributed by atoms with Crippen LogP contribution in [0.5, 0.6) is 0 Å². The lowest BCUT2D eigenvalue weighted by atomic mass is 10.3. The highest BCUT2D eigenvalue weighted by atomic mass is 19.4. The van der Waals surface area contributed by atoms with Crippen LogP contribution in [0.3, 0.4) is 0 Å². The van der Waals surface area contributed by atoms with E-state index in [4.69, 9.17) is 0 Å². The zero-order chi connectivity index (χ0) is 9.19. The molecular formula is C6H4F3N3. The number of rotatable bonds is 1. The Balaban J connectivity index is 3.00. The molecule has 0 spiro atoms. The molecule has 0 unspecified atom stereocenters. The maximum atomic E-state index is 11.9. The average Bonchev–Trinajstić information content (AvgIpc) is 2.03. The molecule has 0 aliphatic rings. The van der Waals surface area contributed by atoms with Gasteiger partial charge in [-0.2, -0.15) is 13.2 Å². The van der Waals surface area contributed by atoms with E-state index >= 15 is 0 Å². The van der Waals surface area contributed by atoms with Gasteiger partial charge in [-0.25, -0.2) is 15.0 Å². The van der Waals surface area contributed by atoms with Crippen molar-refractivity contribution in [2.24, 2.45) is 4.99 Å². The molecule has 0 saturated carbocycles. The summed E-state index contributed by atoms with van der Waals surface area (Å²) in [6.07, 6.45) is -3.08. The van der Waals surface area contributed by atoms with Gasteiger partial charge in [-0.1, -0.05) is 0 Å². The van der Waals surface area contributed by atoms with E-state index in [9.17, 15) is 13.2 Å². The maximum absolute atomic E-state index is 11.9. The van der Waals surface area contributed by atoms with Crippen LogP contribution >= 0.6 is 0 Å². The monoisotopic (exact) mass is 175 g/mol. The average molecular weight is 175 g/mol. The Kier molecular flexibility index (Phi) is 2.07. The number of hydrogen-bond acceptors (Lipinski definition) is 3. The fraction of sp³-hybridized carbons (Fsp3) is 0.167. The second-order valence-electron chi connectivity index (χ2n) is 1.93. The molecule has 0 atom stereocenters. The second-order valence-corrected chi connectivity index (χ2v) is 1.93. The first-order valence-corrected chi connectivity index (χ1v) is 2.90. The summed E-state index contributed by atoms with van der Waals surface area (Å²) in [4.78, 5) is 9.86. The zero-order valence-electron chi connectivity index (χ0n) is 5.84. The smallest absolute Gasteiger partial charge is 0.228 e. The highest BCUT2D eigenvalue weighted by molar-refractivity contribution is 5.34. The highest BCUT2D eigenvalue weighted by Crippen LogP contribution is 2.28. The van der Waals surface area contributed by atoms with Crippen molar-refractivity contribution in [1.82, 2.24) is 9.97 Å². The van der Waals surface area contributed by atoms with Crippen molar-refractivity contribution in [3.63, 3.8) is 0 Å². The Labute approximate surface area is 66.0 Å². The third-order valence-corrected chi connectivity index (χ3v) is 1.11. The molecule has 0 amide bonds. The van der Waals surface area contributed by atoms with Crippen molar-refractivity contribution in [3.05, 3.63) is 18.0 Å². The fourth-order valence-electron chi connectivity index (χ4n) is 0.549. The van der Waals surface area contributed by atoms with Crippen molar-refractivity contribution < 1.29 is 13.2 Å². The molecule has 6 heteroatoms. The molecule has 0 bridgehead atoms. The summed E-state index contributed by atoms with van der Waals surface area (Å²) in [5.41, 5.74) is -0.894. The summed E-state index contributed by atoms with van der Waals surface area (Å²) >= 11 is 0. The first-order valence-electron chi connectivity index (χ1n) is 2.90. The quantitative estimate of drug-likeness (QED) is 0.610. The number of aliphatic imine (C=N–C) groups is 1. The molecule has 1 heterocycles. The maximum Gasteiger partial charge on any atom is 0.419 e. The number of aromatic nitrogens is 2. The Morgan fingerprint density at radius 1 is 1.25 bits per heavy atom. The largest absolute Gasteiger partial charge is 0.419 e. The molecule has 12 heavy (non-hydrogen) atoms. The van der Waals surface area contributed by atoms with E-state index in [2.05, 4.69) is 21.7 Å². The molecule has 64 valence electrons. The summed E-state index contributed by atoms with van der Waals surface area (Å²) in [7, 11) is 0. The predicted octanol–water partition coefficient (Wildman–Crippen LogP) is 1.83. The van der Waals surface area contributed by atoms with E-state index in [0.717, 1.165) is 0 Å². The third-order valence-electron chi connectivity index (χ3n) is 1.11. The lowest BCUT2D eigenvalue weighted by molar-refractivity contribution is -0.138. The van der Waals surface area contributed by atoms with E-state index < -0.39 is 11.7 Å². The first-order chi connectivity index (χ1) is 5.54. The SMILES string of the molecule is C=Nc1ncc(C(F)(F)F)cn1. The molecule has 1 rings (SSSR count). The van der Waals surface area contributed by atoms with Crippen molar-refractivity contribution >= 4 is 12.7 Å². The highest BCUT2D eigenvalue weighted by Gasteiger charge is 2.31. The number of hydrogen-bond donors (Lipinski definition) is 0. The van der Waals surface area contributed by atoms with Gasteiger partial charge in [-0.3, -0.25) is 0 Å². The van der Waals surface area contributed by atoms with Gasteiger partial charge >= 0.3 is 6.18 Å². The summed E-state index contributed by atoms with van der Waals surface area (Å²) < 4.78 is 35.7. The van der Waals surface area contributed by atoms with Crippen LogP contribution in [0.15, 0.2) is 17.4 Å². The van der Waals surface area contributed by atoms with Gasteiger partial charge in [-0.05, 0) is 6.72 Å². The van der Waals surface area contributed by atoms with Crippen LogP contribution in [0.4, 0.5) is 19.1 Å². The Morgan fingerprint density at radius 3 is 2.08 bits per heavy atom. The van der Waals surface area contributed by atoms with Crippen LogP contribution in [0.1, 0.15) is 5.56 Å². The first kappa shape index (κ1) is 8.63. The van der Waals surface area contributed by atoms with Gasteiger partial charge in [-0.15, -0.1) is 0 Å². The minimum absolute atomic E-state index is 0.0667. The van der Waals surface area contributed by atoms with Gasteiger partial charge in [0.05, 0.1) is 5.56 Å². The van der Waals surface area contributed by atoms with Crippen molar-refractivity contribution in [1.29, 1.82) is 0 Å². The lowest BCUT2D eigenvalue weighted by Gasteiger charge is -2.03. The van der Waals surface area contributed by atoms with Gasteiger partial charge in [0, 0.05) is 12.4 Å². The molecule has 0 radical (unpaired) electrons. The minimum Gasteiger partial charge on any atom is -0.228 e. The van der Waals surface area contributed by atoms with Crippen LogP contribution in [-0.2, 0) is 6.18 Å². The molecule has 0 aromatic carbocycles. The number of nitrogens with zero attached hydrogens (tertiary/aromatic N) is 3. The van der Waals surface area contributed by atoms with Gasteiger partial charge in [0.25, 0.3) is 0 Å². The van der Waals surface area contributed by atoms with E-state index in [1.165, 1.54) is 0 Å². The summed E-state index contributed by atoms with van der Waals surface area (Å²) in [6, 6.07) is 0. The second kappa shape index (κ2) is 2.88. The summed E-state index contributed by atoms with van der Waals surface area (Å²) in [6.45, 7) is 3.07. The van der Waals surface area contributed by atoms with Crippen molar-refractivity contribution in [3.8, 4) is 0 Å². The van der Waals surface area contributed by atoms with E-state index in [1.807, 2.05) is 0 Å². The Bertz CT molecular complexity index is 277. The molecule has 1 aromatic heterocycles. The number of alkyl halides is 3. The van der Waals surface area contributed by atoms with Gasteiger partial charge < -0.3 is 0 Å². The fourth-order valence-corrected chi connectivity index (χ4v) is 0.549. The molecule has 0 N–H and O–H groups in total. The molecular weight excluding hydrogens is 171 g/mol. The minimum atomic E-state index is -4.40. The standard InChI is InChI=1S/C6H4F3N3/c1-10-5-11-2-4(3-12-5)6(7,8)9/h2-3H,1H2. The predicted molar refractivity (Wildman–Crippen MR) is 36.2 cm³/mol. The van der Waals surface area contributed by atoms with E-state index in [0.29, 0.717) is 12.4 Å². The van der Waals surface area contributed by atoms with Crippen LogP contribution < -0.4 is 0 Å². The molecule has 0 aliphatic heterocycles. The summed E-state index contributed by atoms with van der Waals surface area (Å²) in [5, 5.41) is 0. The molecule has 3 nitrogen and oxygen atoms in total. The van der Waals surface area contributed by atoms with Gasteiger partial charge in [0.2, 0.25) is 5.95 Å². The molecule has 0 saturated heterocycles. The van der Waals surface area contributed by atoms with Crippen molar-refractivity contribution in [2.45, 2.75) is 6.18 Å². The lowest BCUT2D eigenvalue weighted by Crippen LogP contribution is -2.05. The third kappa shape index (κ3) is 1.77. The van der Waals surface area contributed by atoms with Gasteiger partial charge in [0.15, 0.2) is 0 Å². The van der Waals surface area contributed by atoms with E-state index in [-0.39, 0.29) is 5.95 Å². The van der Waals surface area contributed by atoms with Crippen molar-refractivity contribution in [2.75, 3.05) is 0 Å². The van der Waals surface area contributed by atoms with Crippen LogP contribution in [0.25, 0.3) is 0 Å². The zero-order valence-corrected chi connectivity index (χ0v) is 5.84. The normalized spacial score (nSPS) is 11.2. The van der Waals surface area contributed by atoms with Crippen LogP contribution in [0.2, 0.25) is 0 Å². The van der Waals surface area contributed by atoms with Crippen LogP contribution in [-0.4, -0.2) is 16.7 Å². The number of halogens is 3. The van der Waals surface area contributed by atoms with E-state index in [1.54, 1.807) is 0 Å². The molecule has 0 fully saturated rings.